The van der Waals surface area contributed by atoms with Gasteiger partial charge in [0.25, 0.3) is 0 Å². The third kappa shape index (κ3) is 5.57. The lowest BCUT2D eigenvalue weighted by molar-refractivity contribution is 1.16. The SMILES string of the molecule is c1ccc(-c2ccc(-c3cc(-c4cc(-c5ccc(-c6nc7ccccc7c7ccccc67)nc5)ccn4)nc(-c4ccccc4)n3)cc2)cc1. The summed E-state index contributed by atoms with van der Waals surface area (Å²) in [6.07, 6.45) is 3.74. The van der Waals surface area contributed by atoms with Crippen LogP contribution in [0.4, 0.5) is 0 Å². The molecular weight excluding hydrogens is 611 g/mol. The number of benzene rings is 5. The molecule has 50 heavy (non-hydrogen) atoms. The van der Waals surface area contributed by atoms with Crippen molar-refractivity contribution < 1.29 is 0 Å². The molecule has 5 nitrogen and oxygen atoms in total. The molecule has 0 bridgehead atoms. The van der Waals surface area contributed by atoms with Gasteiger partial charge in [0.1, 0.15) is 0 Å². The molecule has 9 aromatic rings. The van der Waals surface area contributed by atoms with E-state index in [4.69, 9.17) is 24.9 Å². The molecule has 4 heterocycles. The summed E-state index contributed by atoms with van der Waals surface area (Å²) in [7, 11) is 0. The van der Waals surface area contributed by atoms with Crippen molar-refractivity contribution in [1.29, 1.82) is 0 Å². The van der Waals surface area contributed by atoms with Gasteiger partial charge in [-0.3, -0.25) is 9.97 Å². The summed E-state index contributed by atoms with van der Waals surface area (Å²) in [5, 5.41) is 3.39. The average molecular weight is 640 g/mol. The van der Waals surface area contributed by atoms with Gasteiger partial charge in [-0.25, -0.2) is 15.0 Å². The molecule has 0 saturated carbocycles. The quantitative estimate of drug-likeness (QED) is 0.169. The van der Waals surface area contributed by atoms with Gasteiger partial charge in [-0.15, -0.1) is 0 Å². The van der Waals surface area contributed by atoms with Crippen LogP contribution in [0, 0.1) is 0 Å². The molecule has 4 aromatic heterocycles. The van der Waals surface area contributed by atoms with E-state index in [-0.39, 0.29) is 0 Å². The molecule has 0 spiro atoms. The van der Waals surface area contributed by atoms with Gasteiger partial charge in [0.2, 0.25) is 0 Å². The van der Waals surface area contributed by atoms with Crippen LogP contribution in [0.5, 0.6) is 0 Å². The number of aromatic nitrogens is 5. The first-order chi connectivity index (χ1) is 24.8. The van der Waals surface area contributed by atoms with Crippen molar-refractivity contribution in [3.63, 3.8) is 0 Å². The Morgan fingerprint density at radius 1 is 0.320 bits per heavy atom. The van der Waals surface area contributed by atoms with Gasteiger partial charge in [-0.05, 0) is 52.4 Å². The lowest BCUT2D eigenvalue weighted by atomic mass is 10.0. The maximum Gasteiger partial charge on any atom is 0.160 e. The topological polar surface area (TPSA) is 64.5 Å². The molecule has 0 N–H and O–H groups in total. The molecule has 0 aliphatic carbocycles. The largest absolute Gasteiger partial charge is 0.255 e. The highest BCUT2D eigenvalue weighted by atomic mass is 14.9. The Hall–Kier alpha value is -6.85. The molecule has 0 amide bonds. The normalized spacial score (nSPS) is 11.2. The maximum absolute atomic E-state index is 5.03. The molecule has 5 heteroatoms. The van der Waals surface area contributed by atoms with Gasteiger partial charge in [0, 0.05) is 39.9 Å². The van der Waals surface area contributed by atoms with Crippen LogP contribution in [-0.4, -0.2) is 24.9 Å². The molecule has 0 radical (unpaired) electrons. The zero-order valence-electron chi connectivity index (χ0n) is 27.0. The molecule has 0 saturated heterocycles. The summed E-state index contributed by atoms with van der Waals surface area (Å²) in [6, 6.07) is 55.9. The number of pyridine rings is 3. The molecule has 0 aliphatic rings. The number of nitrogens with zero attached hydrogens (tertiary/aromatic N) is 5. The van der Waals surface area contributed by atoms with Gasteiger partial charge in [0.05, 0.1) is 34.0 Å². The number of hydrogen-bond acceptors (Lipinski definition) is 5. The predicted molar refractivity (Wildman–Crippen MR) is 203 cm³/mol. The van der Waals surface area contributed by atoms with Crippen LogP contribution in [-0.2, 0) is 0 Å². The average Bonchev–Trinajstić information content (AvgIpc) is 3.21. The zero-order chi connectivity index (χ0) is 33.3. The maximum atomic E-state index is 5.03. The Labute approximate surface area is 289 Å². The molecule has 5 aromatic carbocycles. The highest BCUT2D eigenvalue weighted by Crippen LogP contribution is 2.33. The number of rotatable bonds is 6. The second kappa shape index (κ2) is 12.6. The van der Waals surface area contributed by atoms with E-state index in [1.54, 1.807) is 0 Å². The van der Waals surface area contributed by atoms with Crippen molar-refractivity contribution in [2.24, 2.45) is 0 Å². The van der Waals surface area contributed by atoms with Crippen molar-refractivity contribution in [3.8, 4) is 67.7 Å². The molecule has 0 unspecified atom stereocenters. The first kappa shape index (κ1) is 29.3. The monoisotopic (exact) mass is 639 g/mol. The minimum absolute atomic E-state index is 0.651. The fourth-order valence-corrected chi connectivity index (χ4v) is 6.46. The van der Waals surface area contributed by atoms with Crippen molar-refractivity contribution >= 4 is 21.7 Å². The fraction of sp³-hybridized carbons (Fsp3) is 0. The summed E-state index contributed by atoms with van der Waals surface area (Å²) < 4.78 is 0. The van der Waals surface area contributed by atoms with E-state index in [0.29, 0.717) is 5.82 Å². The minimum Gasteiger partial charge on any atom is -0.255 e. The van der Waals surface area contributed by atoms with Crippen LogP contribution in [0.2, 0.25) is 0 Å². The smallest absolute Gasteiger partial charge is 0.160 e. The number of fused-ring (bicyclic) bond motifs is 3. The summed E-state index contributed by atoms with van der Waals surface area (Å²) in [4.78, 5) is 24.7. The third-order valence-corrected chi connectivity index (χ3v) is 9.02. The molecule has 234 valence electrons. The van der Waals surface area contributed by atoms with Gasteiger partial charge in [0.15, 0.2) is 5.82 Å². The van der Waals surface area contributed by atoms with Crippen molar-refractivity contribution in [2.45, 2.75) is 0 Å². The van der Waals surface area contributed by atoms with E-state index in [1.165, 1.54) is 10.9 Å². The summed E-state index contributed by atoms with van der Waals surface area (Å²) in [6.45, 7) is 0. The minimum atomic E-state index is 0.651. The predicted octanol–water partition coefficient (Wildman–Crippen LogP) is 11.0. The first-order valence-corrected chi connectivity index (χ1v) is 16.6. The molecule has 0 fully saturated rings. The highest BCUT2D eigenvalue weighted by molar-refractivity contribution is 6.10. The van der Waals surface area contributed by atoms with E-state index in [2.05, 4.69) is 103 Å². The molecule has 0 aliphatic heterocycles. The van der Waals surface area contributed by atoms with Crippen LogP contribution in [0.25, 0.3) is 89.4 Å². The van der Waals surface area contributed by atoms with E-state index in [9.17, 15) is 0 Å². The van der Waals surface area contributed by atoms with Crippen molar-refractivity contribution in [3.05, 3.63) is 176 Å². The highest BCUT2D eigenvalue weighted by Gasteiger charge is 2.14. The van der Waals surface area contributed by atoms with Crippen LogP contribution < -0.4 is 0 Å². The van der Waals surface area contributed by atoms with E-state index < -0.39 is 0 Å². The second-order valence-electron chi connectivity index (χ2n) is 12.2. The van der Waals surface area contributed by atoms with E-state index in [1.807, 2.05) is 73.1 Å². The lowest BCUT2D eigenvalue weighted by Gasteiger charge is -2.11. The van der Waals surface area contributed by atoms with Gasteiger partial charge < -0.3 is 0 Å². The standard InChI is InChI=1S/C45H29N5/c1-3-11-30(12-4-1)31-19-21-32(22-20-31)41-28-43(50-45(49-41)33-13-5-2-6-14-33)42-27-34(25-26-46-42)35-23-24-40(47-29-35)44-38-17-8-7-15-36(38)37-16-9-10-18-39(37)48-44/h1-29H. The van der Waals surface area contributed by atoms with E-state index >= 15 is 0 Å². The molecular formula is C45H29N5. The first-order valence-electron chi connectivity index (χ1n) is 16.6. The van der Waals surface area contributed by atoms with Crippen LogP contribution in [0.3, 0.4) is 0 Å². The van der Waals surface area contributed by atoms with Gasteiger partial charge in [-0.1, -0.05) is 133 Å². The van der Waals surface area contributed by atoms with Crippen LogP contribution >= 0.6 is 0 Å². The van der Waals surface area contributed by atoms with E-state index in [0.717, 1.165) is 72.6 Å². The van der Waals surface area contributed by atoms with Gasteiger partial charge in [-0.2, -0.15) is 0 Å². The summed E-state index contributed by atoms with van der Waals surface area (Å²) in [5.41, 5.74) is 11.3. The Bertz CT molecular complexity index is 2620. The van der Waals surface area contributed by atoms with Crippen molar-refractivity contribution in [1.82, 2.24) is 24.9 Å². The van der Waals surface area contributed by atoms with Gasteiger partial charge >= 0.3 is 0 Å². The fourth-order valence-electron chi connectivity index (χ4n) is 6.46. The number of hydrogen-bond donors (Lipinski definition) is 0. The Kier molecular flexibility index (Phi) is 7.41. The van der Waals surface area contributed by atoms with Crippen LogP contribution in [0.15, 0.2) is 176 Å². The zero-order valence-corrected chi connectivity index (χ0v) is 27.0. The molecule has 0 atom stereocenters. The second-order valence-corrected chi connectivity index (χ2v) is 12.2. The molecule has 9 rings (SSSR count). The Morgan fingerprint density at radius 3 is 1.70 bits per heavy atom. The summed E-state index contributed by atoms with van der Waals surface area (Å²) >= 11 is 0. The van der Waals surface area contributed by atoms with Crippen molar-refractivity contribution in [2.75, 3.05) is 0 Å². The Morgan fingerprint density at radius 2 is 0.940 bits per heavy atom. The third-order valence-electron chi connectivity index (χ3n) is 9.02. The Balaban J connectivity index is 1.09. The lowest BCUT2D eigenvalue weighted by Crippen LogP contribution is -1.97. The number of para-hydroxylation sites is 1. The van der Waals surface area contributed by atoms with Crippen LogP contribution in [0.1, 0.15) is 0 Å². The summed E-state index contributed by atoms with van der Waals surface area (Å²) in [5.74, 6) is 0.651.